The van der Waals surface area contributed by atoms with E-state index < -0.39 is 0 Å². The van der Waals surface area contributed by atoms with Gasteiger partial charge in [0, 0.05) is 38.2 Å². The molecular formula is C17H26ClN3O3. The van der Waals surface area contributed by atoms with Crippen LogP contribution in [0.25, 0.3) is 0 Å². The SMILES string of the molecule is COc1cc(C(=O)N2CCN(C(=O)CCCN)CC2)ccc1C.Cl. The number of carbonyl (C=O) groups is 2. The molecule has 1 heterocycles. The fourth-order valence-electron chi connectivity index (χ4n) is 2.71. The van der Waals surface area contributed by atoms with Crippen LogP contribution < -0.4 is 10.5 Å². The zero-order valence-electron chi connectivity index (χ0n) is 14.3. The summed E-state index contributed by atoms with van der Waals surface area (Å²) in [6.07, 6.45) is 1.20. The van der Waals surface area contributed by atoms with Crippen LogP contribution in [-0.4, -0.2) is 61.4 Å². The summed E-state index contributed by atoms with van der Waals surface area (Å²) < 4.78 is 5.28. The highest BCUT2D eigenvalue weighted by atomic mass is 35.5. The van der Waals surface area contributed by atoms with E-state index in [1.165, 1.54) is 0 Å². The van der Waals surface area contributed by atoms with Crippen LogP contribution in [0, 0.1) is 6.92 Å². The summed E-state index contributed by atoms with van der Waals surface area (Å²) in [5.74, 6) is 0.823. The average Bonchev–Trinajstić information content (AvgIpc) is 2.59. The van der Waals surface area contributed by atoms with Crippen molar-refractivity contribution in [1.82, 2.24) is 9.80 Å². The number of nitrogens with two attached hydrogens (primary N) is 1. The van der Waals surface area contributed by atoms with E-state index >= 15 is 0 Å². The van der Waals surface area contributed by atoms with Gasteiger partial charge < -0.3 is 20.3 Å². The molecule has 24 heavy (non-hydrogen) atoms. The van der Waals surface area contributed by atoms with E-state index in [1.54, 1.807) is 18.1 Å². The number of halogens is 1. The molecule has 134 valence electrons. The molecule has 1 aliphatic heterocycles. The predicted octanol–water partition coefficient (Wildman–Crippen LogP) is 1.45. The predicted molar refractivity (Wildman–Crippen MR) is 95.8 cm³/mol. The molecule has 0 spiro atoms. The maximum atomic E-state index is 12.6. The summed E-state index contributed by atoms with van der Waals surface area (Å²) in [6.45, 7) is 4.75. The molecule has 7 heteroatoms. The molecule has 0 aliphatic carbocycles. The van der Waals surface area contributed by atoms with Crippen LogP contribution in [0.15, 0.2) is 18.2 Å². The Labute approximate surface area is 149 Å². The summed E-state index contributed by atoms with van der Waals surface area (Å²) in [5, 5.41) is 0. The van der Waals surface area contributed by atoms with Crippen molar-refractivity contribution in [3.05, 3.63) is 29.3 Å². The number of piperazine rings is 1. The number of carbonyl (C=O) groups excluding carboxylic acids is 2. The van der Waals surface area contributed by atoms with Crippen LogP contribution in [0.2, 0.25) is 0 Å². The molecule has 2 rings (SSSR count). The Bertz CT molecular complexity index is 572. The fourth-order valence-corrected chi connectivity index (χ4v) is 2.71. The van der Waals surface area contributed by atoms with Gasteiger partial charge in [0.1, 0.15) is 5.75 Å². The van der Waals surface area contributed by atoms with E-state index in [0.29, 0.717) is 56.9 Å². The van der Waals surface area contributed by atoms with Crippen molar-refractivity contribution >= 4 is 24.2 Å². The quantitative estimate of drug-likeness (QED) is 0.867. The van der Waals surface area contributed by atoms with Gasteiger partial charge in [-0.2, -0.15) is 0 Å². The topological polar surface area (TPSA) is 75.9 Å². The van der Waals surface area contributed by atoms with Gasteiger partial charge in [-0.3, -0.25) is 9.59 Å². The van der Waals surface area contributed by atoms with E-state index in [4.69, 9.17) is 10.5 Å². The first-order chi connectivity index (χ1) is 11.1. The minimum Gasteiger partial charge on any atom is -0.496 e. The molecule has 1 saturated heterocycles. The smallest absolute Gasteiger partial charge is 0.254 e. The molecular weight excluding hydrogens is 330 g/mol. The third kappa shape index (κ3) is 4.85. The van der Waals surface area contributed by atoms with Crippen molar-refractivity contribution in [1.29, 1.82) is 0 Å². The standard InChI is InChI=1S/C17H25N3O3.ClH/c1-13-5-6-14(12-15(13)23-2)17(22)20-10-8-19(9-11-20)16(21)4-3-7-18;/h5-6,12H,3-4,7-11,18H2,1-2H3;1H. The Kier molecular flexibility index (Phi) is 8.01. The lowest BCUT2D eigenvalue weighted by molar-refractivity contribution is -0.132. The van der Waals surface area contributed by atoms with E-state index in [1.807, 2.05) is 24.0 Å². The lowest BCUT2D eigenvalue weighted by Crippen LogP contribution is -2.50. The number of nitrogens with zero attached hydrogens (tertiary/aromatic N) is 2. The van der Waals surface area contributed by atoms with Gasteiger partial charge in [-0.05, 0) is 37.6 Å². The molecule has 0 unspecified atom stereocenters. The maximum absolute atomic E-state index is 12.6. The van der Waals surface area contributed by atoms with Crippen LogP contribution in [0.3, 0.4) is 0 Å². The number of amides is 2. The van der Waals surface area contributed by atoms with E-state index in [9.17, 15) is 9.59 Å². The van der Waals surface area contributed by atoms with Gasteiger partial charge in [0.15, 0.2) is 0 Å². The number of aryl methyl sites for hydroxylation is 1. The van der Waals surface area contributed by atoms with Gasteiger partial charge in [-0.15, -0.1) is 12.4 Å². The summed E-state index contributed by atoms with van der Waals surface area (Å²) in [5.41, 5.74) is 7.05. The highest BCUT2D eigenvalue weighted by Gasteiger charge is 2.24. The monoisotopic (exact) mass is 355 g/mol. The van der Waals surface area contributed by atoms with E-state index in [2.05, 4.69) is 0 Å². The molecule has 1 aliphatic rings. The number of benzene rings is 1. The first-order valence-electron chi connectivity index (χ1n) is 7.98. The molecule has 0 aromatic heterocycles. The summed E-state index contributed by atoms with van der Waals surface area (Å²) >= 11 is 0. The Morgan fingerprint density at radius 3 is 2.38 bits per heavy atom. The molecule has 6 nitrogen and oxygen atoms in total. The Balaban J connectivity index is 0.00000288. The highest BCUT2D eigenvalue weighted by molar-refractivity contribution is 5.95. The Morgan fingerprint density at radius 2 is 1.79 bits per heavy atom. The first-order valence-corrected chi connectivity index (χ1v) is 7.98. The largest absolute Gasteiger partial charge is 0.496 e. The van der Waals surface area contributed by atoms with Crippen molar-refractivity contribution < 1.29 is 14.3 Å². The second-order valence-corrected chi connectivity index (χ2v) is 5.75. The van der Waals surface area contributed by atoms with E-state index in [0.717, 1.165) is 5.56 Å². The molecule has 2 N–H and O–H groups in total. The van der Waals surface area contributed by atoms with Crippen LogP contribution >= 0.6 is 12.4 Å². The highest BCUT2D eigenvalue weighted by Crippen LogP contribution is 2.20. The molecule has 0 radical (unpaired) electrons. The number of hydrogen-bond donors (Lipinski definition) is 1. The molecule has 1 fully saturated rings. The molecule has 0 saturated carbocycles. The molecule has 0 atom stereocenters. The average molecular weight is 356 g/mol. The van der Waals surface area contributed by atoms with Gasteiger partial charge in [0.2, 0.25) is 5.91 Å². The van der Waals surface area contributed by atoms with Crippen LogP contribution in [0.1, 0.15) is 28.8 Å². The summed E-state index contributed by atoms with van der Waals surface area (Å²) in [7, 11) is 1.60. The van der Waals surface area contributed by atoms with Crippen LogP contribution in [0.4, 0.5) is 0 Å². The fraction of sp³-hybridized carbons (Fsp3) is 0.529. The van der Waals surface area contributed by atoms with Gasteiger partial charge >= 0.3 is 0 Å². The van der Waals surface area contributed by atoms with Crippen molar-refractivity contribution in [3.63, 3.8) is 0 Å². The molecule has 1 aromatic rings. The second kappa shape index (κ2) is 9.49. The van der Waals surface area contributed by atoms with Crippen molar-refractivity contribution in [2.24, 2.45) is 5.73 Å². The summed E-state index contributed by atoms with van der Waals surface area (Å²) in [6, 6.07) is 5.48. The van der Waals surface area contributed by atoms with Crippen molar-refractivity contribution in [2.75, 3.05) is 39.8 Å². The zero-order chi connectivity index (χ0) is 16.8. The lowest BCUT2D eigenvalue weighted by Gasteiger charge is -2.35. The Hall–Kier alpha value is -1.79. The number of methoxy groups -OCH3 is 1. The second-order valence-electron chi connectivity index (χ2n) is 5.75. The van der Waals surface area contributed by atoms with Gasteiger partial charge in [-0.25, -0.2) is 0 Å². The minimum absolute atomic E-state index is 0. The first kappa shape index (κ1) is 20.3. The number of ether oxygens (including phenoxy) is 1. The third-order valence-corrected chi connectivity index (χ3v) is 4.17. The van der Waals surface area contributed by atoms with Gasteiger partial charge in [-0.1, -0.05) is 6.07 Å². The van der Waals surface area contributed by atoms with E-state index in [-0.39, 0.29) is 24.2 Å². The van der Waals surface area contributed by atoms with Gasteiger partial charge in [0.25, 0.3) is 5.91 Å². The molecule has 1 aromatic carbocycles. The van der Waals surface area contributed by atoms with Crippen molar-refractivity contribution in [3.8, 4) is 5.75 Å². The van der Waals surface area contributed by atoms with Gasteiger partial charge in [0.05, 0.1) is 7.11 Å². The van der Waals surface area contributed by atoms with Crippen molar-refractivity contribution in [2.45, 2.75) is 19.8 Å². The van der Waals surface area contributed by atoms with Crippen LogP contribution in [0.5, 0.6) is 5.75 Å². The Morgan fingerprint density at radius 1 is 1.17 bits per heavy atom. The molecule has 0 bridgehead atoms. The lowest BCUT2D eigenvalue weighted by atomic mass is 10.1. The third-order valence-electron chi connectivity index (χ3n) is 4.17. The normalized spacial score (nSPS) is 14.1. The maximum Gasteiger partial charge on any atom is 0.254 e. The zero-order valence-corrected chi connectivity index (χ0v) is 15.1. The minimum atomic E-state index is -0.0163. The summed E-state index contributed by atoms with van der Waals surface area (Å²) in [4.78, 5) is 28.2. The number of rotatable bonds is 5. The molecule has 2 amide bonds. The number of hydrogen-bond acceptors (Lipinski definition) is 4. The van der Waals surface area contributed by atoms with Crippen LogP contribution in [-0.2, 0) is 4.79 Å².